The maximum atomic E-state index is 14.0. The highest BCUT2D eigenvalue weighted by atomic mass is 16.7. The first-order valence-corrected chi connectivity index (χ1v) is 18.7. The molecule has 3 rings (SSSR count). The van der Waals surface area contributed by atoms with Gasteiger partial charge in [0.1, 0.15) is 35.8 Å². The van der Waals surface area contributed by atoms with Crippen LogP contribution < -0.4 is 0 Å². The number of carbonyl (C=O) groups is 2. The molecule has 5 N–H and O–H groups in total. The number of rotatable bonds is 9. The van der Waals surface area contributed by atoms with Crippen molar-refractivity contribution in [3.63, 3.8) is 0 Å². The van der Waals surface area contributed by atoms with Gasteiger partial charge in [-0.1, -0.05) is 27.7 Å². The molecule has 0 aromatic heterocycles. The lowest BCUT2D eigenvalue weighted by Crippen LogP contribution is -2.59. The summed E-state index contributed by atoms with van der Waals surface area (Å²) in [5, 5.41) is 57.4. The van der Waals surface area contributed by atoms with Crippen molar-refractivity contribution in [1.29, 1.82) is 0 Å². The second kappa shape index (κ2) is 18.5. The molecule has 0 aliphatic carbocycles. The van der Waals surface area contributed by atoms with Crippen LogP contribution >= 0.6 is 0 Å². The maximum absolute atomic E-state index is 14.0. The van der Waals surface area contributed by atoms with Gasteiger partial charge in [0.25, 0.3) is 0 Å². The van der Waals surface area contributed by atoms with E-state index in [1.54, 1.807) is 34.6 Å². The van der Waals surface area contributed by atoms with Crippen molar-refractivity contribution in [2.75, 3.05) is 34.9 Å². The lowest BCUT2D eigenvalue weighted by atomic mass is 9.77. The molecule has 0 aromatic rings. The van der Waals surface area contributed by atoms with E-state index in [1.165, 1.54) is 28.1 Å². The van der Waals surface area contributed by atoms with E-state index >= 15 is 0 Å². The minimum atomic E-state index is -1.99. The summed E-state index contributed by atoms with van der Waals surface area (Å²) in [5.74, 6) is -5.14. The van der Waals surface area contributed by atoms with Crippen LogP contribution in [0.4, 0.5) is 0 Å². The van der Waals surface area contributed by atoms with Gasteiger partial charge in [0, 0.05) is 44.4 Å². The second-order valence-electron chi connectivity index (χ2n) is 16.0. The van der Waals surface area contributed by atoms with Gasteiger partial charge in [-0.15, -0.1) is 0 Å². The number of carbonyl (C=O) groups excluding carboxylic acids is 2. The molecule has 304 valence electrons. The van der Waals surface area contributed by atoms with Gasteiger partial charge in [0.2, 0.25) is 0 Å². The average molecular weight is 750 g/mol. The van der Waals surface area contributed by atoms with E-state index in [4.69, 9.17) is 33.2 Å². The summed E-state index contributed by atoms with van der Waals surface area (Å²) in [7, 11) is 6.56. The third-order valence-electron chi connectivity index (χ3n) is 11.8. The molecule has 0 bridgehead atoms. The molecule has 12 unspecified atom stereocenters. The fourth-order valence-corrected chi connectivity index (χ4v) is 7.98. The monoisotopic (exact) mass is 749 g/mol. The summed E-state index contributed by atoms with van der Waals surface area (Å²) < 4.78 is 42.2. The zero-order chi connectivity index (χ0) is 39.5. The highest BCUT2D eigenvalue weighted by Crippen LogP contribution is 2.37. The van der Waals surface area contributed by atoms with Crippen LogP contribution in [0.1, 0.15) is 81.1 Å². The Bertz CT molecular complexity index is 1160. The van der Waals surface area contributed by atoms with Crippen LogP contribution in [0.3, 0.4) is 0 Å². The Labute approximate surface area is 309 Å². The van der Waals surface area contributed by atoms with Crippen LogP contribution in [-0.2, 0) is 42.7 Å². The van der Waals surface area contributed by atoms with E-state index in [0.717, 1.165) is 0 Å². The minimum Gasteiger partial charge on any atom is -0.459 e. The van der Waals surface area contributed by atoms with E-state index in [0.29, 0.717) is 6.42 Å². The zero-order valence-corrected chi connectivity index (χ0v) is 33.1. The van der Waals surface area contributed by atoms with Crippen molar-refractivity contribution in [3.05, 3.63) is 0 Å². The Kier molecular flexibility index (Phi) is 16.1. The Morgan fingerprint density at radius 1 is 0.904 bits per heavy atom. The Morgan fingerprint density at radius 3 is 2.10 bits per heavy atom. The standard InChI is InChI=1S/C37H67NO14/c1-13-26-37(8,45)32(42)21(5)28(39)18(2)14-25(46-11)31(52-35-30(41)24(38(9)10)15-19(3)49-35)29(40)23(20(4)34(44)51-26)17-48-27-16-36(7,47-12)33(43)22(6)50-27/h18-27,29-33,35,40-43,45H,13-17H2,1-12H3/t18-,19?,20?,21?,22?,23-,24?,25?,26-,27?,29+,30?,31+,32?,33?,35?,36?,37-/m1/s1. The number of nitrogens with zero attached hydrogens (tertiary/aromatic N) is 1. The van der Waals surface area contributed by atoms with Crippen molar-refractivity contribution < 1.29 is 68.3 Å². The Hall–Kier alpha value is -1.34. The van der Waals surface area contributed by atoms with Crippen LogP contribution in [0.15, 0.2) is 0 Å². The summed E-state index contributed by atoms with van der Waals surface area (Å²) in [6.45, 7) is 12.8. The smallest absolute Gasteiger partial charge is 0.309 e. The summed E-state index contributed by atoms with van der Waals surface area (Å²) in [4.78, 5) is 29.6. The fraction of sp³-hybridized carbons (Fsp3) is 0.946. The van der Waals surface area contributed by atoms with Crippen molar-refractivity contribution in [2.45, 2.75) is 166 Å². The maximum Gasteiger partial charge on any atom is 0.309 e. The number of cyclic esters (lactones) is 1. The van der Waals surface area contributed by atoms with E-state index < -0.39 is 102 Å². The number of likely N-dealkylation sites (N-methyl/N-ethyl adjacent to an activating group) is 1. The van der Waals surface area contributed by atoms with Crippen LogP contribution in [0.2, 0.25) is 0 Å². The number of methoxy groups -OCH3 is 2. The molecule has 3 saturated heterocycles. The largest absolute Gasteiger partial charge is 0.459 e. The number of esters is 1. The molecule has 3 fully saturated rings. The molecule has 3 aliphatic heterocycles. The Morgan fingerprint density at radius 2 is 1.54 bits per heavy atom. The summed E-state index contributed by atoms with van der Waals surface area (Å²) in [6, 6.07) is -0.337. The van der Waals surface area contributed by atoms with Gasteiger partial charge in [0.05, 0.1) is 48.6 Å². The molecule has 0 spiro atoms. The van der Waals surface area contributed by atoms with Gasteiger partial charge < -0.3 is 63.6 Å². The van der Waals surface area contributed by atoms with Gasteiger partial charge in [-0.25, -0.2) is 0 Å². The predicted molar refractivity (Wildman–Crippen MR) is 188 cm³/mol. The lowest BCUT2D eigenvalue weighted by molar-refractivity contribution is -0.300. The van der Waals surface area contributed by atoms with Gasteiger partial charge in [-0.05, 0) is 61.1 Å². The number of hydrogen-bond acceptors (Lipinski definition) is 15. The molecule has 0 saturated carbocycles. The van der Waals surface area contributed by atoms with E-state index in [9.17, 15) is 35.1 Å². The average Bonchev–Trinajstić information content (AvgIpc) is 3.09. The number of hydrogen-bond donors (Lipinski definition) is 5. The molecular weight excluding hydrogens is 682 g/mol. The molecule has 15 heteroatoms. The van der Waals surface area contributed by atoms with Gasteiger partial charge >= 0.3 is 5.97 Å². The summed E-state index contributed by atoms with van der Waals surface area (Å²) >= 11 is 0. The predicted octanol–water partition coefficient (Wildman–Crippen LogP) is 1.02. The van der Waals surface area contributed by atoms with Gasteiger partial charge in [-0.2, -0.15) is 0 Å². The number of Topliss-reactive ketones (excluding diaryl/α,β-unsaturated/α-hetero) is 1. The molecule has 0 radical (unpaired) electrons. The molecular formula is C37H67NO14. The number of aliphatic hydroxyl groups is 5. The third kappa shape index (κ3) is 9.90. The molecule has 3 aliphatic rings. The second-order valence-corrected chi connectivity index (χ2v) is 16.0. The van der Waals surface area contributed by atoms with Crippen LogP contribution in [0, 0.1) is 23.7 Å². The molecule has 0 amide bonds. The fourth-order valence-electron chi connectivity index (χ4n) is 7.98. The minimum absolute atomic E-state index is 0.0166. The van der Waals surface area contributed by atoms with E-state index in [2.05, 4.69) is 0 Å². The van der Waals surface area contributed by atoms with E-state index in [-0.39, 0.29) is 43.8 Å². The normalized spacial score (nSPS) is 47.6. The summed E-state index contributed by atoms with van der Waals surface area (Å²) in [6.07, 6.45) is -10.9. The first-order chi connectivity index (χ1) is 24.1. The van der Waals surface area contributed by atoms with Crippen molar-refractivity contribution in [1.82, 2.24) is 4.90 Å². The molecule has 18 atom stereocenters. The molecule has 15 nitrogen and oxygen atoms in total. The molecule has 52 heavy (non-hydrogen) atoms. The molecule has 3 heterocycles. The first kappa shape index (κ1) is 45.1. The Balaban J connectivity index is 2.12. The van der Waals surface area contributed by atoms with Crippen molar-refractivity contribution in [3.8, 4) is 0 Å². The SMILES string of the molecule is CC[C@H]1OC(=O)C(C)[C@@H](COC2CC(C)(OC)C(O)C(C)O2)[C@H](O)[C@@H](OC2OC(C)CC(N(C)C)C2O)C(OC)C[C@@H](C)C(=O)C(C)C(O)[C@]1(C)O. The lowest BCUT2D eigenvalue weighted by Gasteiger charge is -2.46. The highest BCUT2D eigenvalue weighted by molar-refractivity contribution is 5.83. The third-order valence-corrected chi connectivity index (χ3v) is 11.8. The van der Waals surface area contributed by atoms with Crippen LogP contribution in [-0.4, -0.2) is 162 Å². The number of aliphatic hydroxyl groups excluding tert-OH is 4. The van der Waals surface area contributed by atoms with E-state index in [1.807, 2.05) is 25.9 Å². The molecule has 0 aromatic carbocycles. The quantitative estimate of drug-likeness (QED) is 0.209. The van der Waals surface area contributed by atoms with Gasteiger partial charge in [0.15, 0.2) is 12.6 Å². The summed E-state index contributed by atoms with van der Waals surface area (Å²) in [5.41, 5.74) is -3.00. The topological polar surface area (TPSA) is 203 Å². The van der Waals surface area contributed by atoms with Gasteiger partial charge in [-0.3, -0.25) is 9.59 Å². The number of ketones is 1. The van der Waals surface area contributed by atoms with Crippen molar-refractivity contribution in [2.24, 2.45) is 23.7 Å². The van der Waals surface area contributed by atoms with Crippen LogP contribution in [0.25, 0.3) is 0 Å². The highest BCUT2D eigenvalue weighted by Gasteiger charge is 2.51. The number of ether oxygens (including phenoxy) is 7. The van der Waals surface area contributed by atoms with Crippen molar-refractivity contribution >= 4 is 11.8 Å². The van der Waals surface area contributed by atoms with Crippen LogP contribution in [0.5, 0.6) is 0 Å². The first-order valence-electron chi connectivity index (χ1n) is 18.7. The zero-order valence-electron chi connectivity index (χ0n) is 33.1.